The van der Waals surface area contributed by atoms with E-state index in [0.717, 1.165) is 0 Å². The van der Waals surface area contributed by atoms with Gasteiger partial charge in [0.1, 0.15) is 0 Å². The summed E-state index contributed by atoms with van der Waals surface area (Å²) in [6, 6.07) is 5.25. The molecule has 0 bridgehead atoms. The fourth-order valence-electron chi connectivity index (χ4n) is 2.00. The standard InChI is InChI=1S/C14H17NO4/c1-14(2,7-12(16)17)10-5-9(8-15)6-11(18-3)13(10)19-4/h5-6H,7H2,1-4H3,(H,16,17). The lowest BCUT2D eigenvalue weighted by atomic mass is 9.80. The maximum Gasteiger partial charge on any atom is 0.304 e. The van der Waals surface area contributed by atoms with Crippen LogP contribution in [0.15, 0.2) is 12.1 Å². The largest absolute Gasteiger partial charge is 0.493 e. The van der Waals surface area contributed by atoms with Crippen LogP contribution in [0.3, 0.4) is 0 Å². The smallest absolute Gasteiger partial charge is 0.304 e. The van der Waals surface area contributed by atoms with Gasteiger partial charge in [0.05, 0.1) is 32.3 Å². The summed E-state index contributed by atoms with van der Waals surface area (Å²) in [5, 5.41) is 18.0. The second-order valence-corrected chi connectivity index (χ2v) is 4.83. The van der Waals surface area contributed by atoms with Gasteiger partial charge in [0, 0.05) is 17.0 Å². The summed E-state index contributed by atoms with van der Waals surface area (Å²) < 4.78 is 10.5. The highest BCUT2D eigenvalue weighted by Crippen LogP contribution is 2.41. The number of nitrogens with zero attached hydrogens (tertiary/aromatic N) is 1. The number of rotatable bonds is 5. The van der Waals surface area contributed by atoms with Gasteiger partial charge < -0.3 is 14.6 Å². The predicted octanol–water partition coefficient (Wildman–Crippen LogP) is 2.33. The van der Waals surface area contributed by atoms with Crippen LogP contribution < -0.4 is 9.47 Å². The normalized spacial score (nSPS) is 10.7. The second-order valence-electron chi connectivity index (χ2n) is 4.83. The predicted molar refractivity (Wildman–Crippen MR) is 69.5 cm³/mol. The van der Waals surface area contributed by atoms with E-state index >= 15 is 0 Å². The van der Waals surface area contributed by atoms with E-state index in [0.29, 0.717) is 22.6 Å². The highest BCUT2D eigenvalue weighted by Gasteiger charge is 2.29. The molecule has 0 saturated heterocycles. The summed E-state index contributed by atoms with van der Waals surface area (Å²) in [6.07, 6.45) is -0.0681. The molecular formula is C14H17NO4. The van der Waals surface area contributed by atoms with Gasteiger partial charge in [-0.3, -0.25) is 4.79 Å². The number of nitriles is 1. The Kier molecular flexibility index (Phi) is 4.38. The van der Waals surface area contributed by atoms with Crippen LogP contribution in [0.5, 0.6) is 11.5 Å². The summed E-state index contributed by atoms with van der Waals surface area (Å²) in [4.78, 5) is 11.0. The van der Waals surface area contributed by atoms with E-state index in [1.165, 1.54) is 14.2 Å². The maximum absolute atomic E-state index is 11.0. The van der Waals surface area contributed by atoms with E-state index in [-0.39, 0.29) is 6.42 Å². The summed E-state index contributed by atoms with van der Waals surface area (Å²) in [5.74, 6) is -0.0175. The maximum atomic E-state index is 11.0. The Morgan fingerprint density at radius 2 is 2.00 bits per heavy atom. The zero-order chi connectivity index (χ0) is 14.6. The Morgan fingerprint density at radius 1 is 1.37 bits per heavy atom. The lowest BCUT2D eigenvalue weighted by molar-refractivity contribution is -0.138. The van der Waals surface area contributed by atoms with Crippen molar-refractivity contribution in [2.75, 3.05) is 14.2 Å². The molecular weight excluding hydrogens is 246 g/mol. The fourth-order valence-corrected chi connectivity index (χ4v) is 2.00. The SMILES string of the molecule is COc1cc(C#N)cc(C(C)(C)CC(=O)O)c1OC. The van der Waals surface area contributed by atoms with Crippen molar-refractivity contribution in [3.63, 3.8) is 0 Å². The van der Waals surface area contributed by atoms with Gasteiger partial charge in [0.15, 0.2) is 11.5 Å². The molecule has 1 aromatic carbocycles. The van der Waals surface area contributed by atoms with Crippen molar-refractivity contribution in [2.24, 2.45) is 0 Å². The van der Waals surface area contributed by atoms with Gasteiger partial charge >= 0.3 is 5.97 Å². The molecule has 0 unspecified atom stereocenters. The van der Waals surface area contributed by atoms with Crippen LogP contribution in [0.4, 0.5) is 0 Å². The topological polar surface area (TPSA) is 79.5 Å². The second kappa shape index (κ2) is 5.61. The van der Waals surface area contributed by atoms with Crippen LogP contribution in [0.2, 0.25) is 0 Å². The zero-order valence-electron chi connectivity index (χ0n) is 11.5. The zero-order valence-corrected chi connectivity index (χ0v) is 11.5. The van der Waals surface area contributed by atoms with Crippen molar-refractivity contribution in [1.29, 1.82) is 5.26 Å². The molecule has 0 saturated carbocycles. The number of carboxylic acid groups (broad SMARTS) is 1. The molecule has 0 atom stereocenters. The Bertz CT molecular complexity index is 529. The van der Waals surface area contributed by atoms with Crippen LogP contribution in [-0.2, 0) is 10.2 Å². The average Bonchev–Trinajstić information content (AvgIpc) is 2.35. The number of carboxylic acids is 1. The molecule has 0 aliphatic carbocycles. The minimum atomic E-state index is -0.909. The van der Waals surface area contributed by atoms with E-state index in [4.69, 9.17) is 19.8 Å². The number of aliphatic carboxylic acids is 1. The number of hydrogen-bond donors (Lipinski definition) is 1. The van der Waals surface area contributed by atoms with Gasteiger partial charge in [0.2, 0.25) is 0 Å². The first kappa shape index (κ1) is 14.8. The summed E-state index contributed by atoms with van der Waals surface area (Å²) in [5.41, 5.74) is 0.386. The molecule has 5 heteroatoms. The third-order valence-electron chi connectivity index (χ3n) is 2.93. The van der Waals surface area contributed by atoms with E-state index in [1.54, 1.807) is 26.0 Å². The molecule has 0 radical (unpaired) electrons. The first-order chi connectivity index (χ1) is 8.85. The first-order valence-electron chi connectivity index (χ1n) is 5.74. The van der Waals surface area contributed by atoms with Crippen LogP contribution in [-0.4, -0.2) is 25.3 Å². The molecule has 102 valence electrons. The molecule has 0 amide bonds. The molecule has 0 heterocycles. The van der Waals surface area contributed by atoms with Crippen LogP contribution in [0.1, 0.15) is 31.4 Å². The highest BCUT2D eigenvalue weighted by atomic mass is 16.5. The molecule has 0 aliphatic rings. The minimum absolute atomic E-state index is 0.0681. The van der Waals surface area contributed by atoms with Crippen molar-refractivity contribution in [2.45, 2.75) is 25.7 Å². The van der Waals surface area contributed by atoms with Crippen LogP contribution in [0.25, 0.3) is 0 Å². The van der Waals surface area contributed by atoms with E-state index in [9.17, 15) is 4.79 Å². The van der Waals surface area contributed by atoms with Gasteiger partial charge in [-0.05, 0) is 6.07 Å². The molecule has 0 fully saturated rings. The van der Waals surface area contributed by atoms with Gasteiger partial charge in [-0.1, -0.05) is 13.8 Å². The van der Waals surface area contributed by atoms with Crippen LogP contribution >= 0.6 is 0 Å². The van der Waals surface area contributed by atoms with E-state index in [2.05, 4.69) is 0 Å². The summed E-state index contributed by atoms with van der Waals surface area (Å²) >= 11 is 0. The molecule has 1 N–H and O–H groups in total. The lowest BCUT2D eigenvalue weighted by Crippen LogP contribution is -2.23. The third-order valence-corrected chi connectivity index (χ3v) is 2.93. The van der Waals surface area contributed by atoms with Crippen molar-refractivity contribution in [1.82, 2.24) is 0 Å². The Morgan fingerprint density at radius 3 is 2.42 bits per heavy atom. The molecule has 5 nitrogen and oxygen atoms in total. The Balaban J connectivity index is 3.47. The van der Waals surface area contributed by atoms with Crippen molar-refractivity contribution >= 4 is 5.97 Å². The fraction of sp³-hybridized carbons (Fsp3) is 0.429. The average molecular weight is 263 g/mol. The van der Waals surface area contributed by atoms with Gasteiger partial charge in [-0.25, -0.2) is 0 Å². The van der Waals surface area contributed by atoms with E-state index < -0.39 is 11.4 Å². The molecule has 0 aromatic heterocycles. The number of benzene rings is 1. The third kappa shape index (κ3) is 3.16. The molecule has 1 aromatic rings. The number of hydrogen-bond acceptors (Lipinski definition) is 4. The number of ether oxygens (including phenoxy) is 2. The van der Waals surface area contributed by atoms with Gasteiger partial charge in [-0.15, -0.1) is 0 Å². The van der Waals surface area contributed by atoms with Gasteiger partial charge in [-0.2, -0.15) is 5.26 Å². The quantitative estimate of drug-likeness (QED) is 0.881. The summed E-state index contributed by atoms with van der Waals surface area (Å²) in [7, 11) is 2.97. The number of methoxy groups -OCH3 is 2. The van der Waals surface area contributed by atoms with Crippen LogP contribution in [0, 0.1) is 11.3 Å². The number of carbonyl (C=O) groups is 1. The monoisotopic (exact) mass is 263 g/mol. The van der Waals surface area contributed by atoms with E-state index in [1.807, 2.05) is 6.07 Å². The highest BCUT2D eigenvalue weighted by molar-refractivity contribution is 5.70. The van der Waals surface area contributed by atoms with Crippen molar-refractivity contribution < 1.29 is 19.4 Å². The molecule has 0 spiro atoms. The van der Waals surface area contributed by atoms with Crippen molar-refractivity contribution in [3.8, 4) is 17.6 Å². The Hall–Kier alpha value is -2.22. The lowest BCUT2D eigenvalue weighted by Gasteiger charge is -2.26. The van der Waals surface area contributed by atoms with Crippen molar-refractivity contribution in [3.05, 3.63) is 23.3 Å². The molecule has 19 heavy (non-hydrogen) atoms. The molecule has 0 aliphatic heterocycles. The first-order valence-corrected chi connectivity index (χ1v) is 5.74. The van der Waals surface area contributed by atoms with Gasteiger partial charge in [0.25, 0.3) is 0 Å². The minimum Gasteiger partial charge on any atom is -0.493 e. The Labute approximate surface area is 112 Å². The summed E-state index contributed by atoms with van der Waals surface area (Å²) in [6.45, 7) is 3.58. The molecule has 1 rings (SSSR count).